The lowest BCUT2D eigenvalue weighted by Gasteiger charge is -2.11. The molecule has 0 radical (unpaired) electrons. The van der Waals surface area contributed by atoms with Crippen LogP contribution in [-0.2, 0) is 11.4 Å². The molecular weight excluding hydrogens is 503 g/mol. The van der Waals surface area contributed by atoms with Crippen molar-refractivity contribution in [2.75, 3.05) is 5.32 Å². The number of amides is 1. The van der Waals surface area contributed by atoms with Crippen LogP contribution in [0.4, 0.5) is 5.69 Å². The lowest BCUT2D eigenvalue weighted by Crippen LogP contribution is -2.13. The Morgan fingerprint density at radius 2 is 1.81 bits per heavy atom. The average Bonchev–Trinajstić information content (AvgIpc) is 2.74. The zero-order valence-corrected chi connectivity index (χ0v) is 19.0. The third-order valence-corrected chi connectivity index (χ3v) is 5.24. The first kappa shape index (κ1) is 22.7. The van der Waals surface area contributed by atoms with Crippen molar-refractivity contribution in [2.45, 2.75) is 6.61 Å². The second-order valence-electron chi connectivity index (χ2n) is 6.40. The quantitative estimate of drug-likeness (QED) is 0.219. The Bertz CT molecular complexity index is 1150. The normalized spacial score (nSPS) is 11.0. The number of carbonyl (C=O) groups is 1. The van der Waals surface area contributed by atoms with Gasteiger partial charge in [-0.3, -0.25) is 4.79 Å². The van der Waals surface area contributed by atoms with Crippen LogP contribution in [0.1, 0.15) is 11.1 Å². The molecule has 3 rings (SSSR count). The van der Waals surface area contributed by atoms with Gasteiger partial charge in [0.05, 0.1) is 9.50 Å². The van der Waals surface area contributed by atoms with Gasteiger partial charge in [-0.15, -0.1) is 0 Å². The van der Waals surface area contributed by atoms with E-state index in [2.05, 4.69) is 21.2 Å². The molecule has 1 amide bonds. The van der Waals surface area contributed by atoms with Gasteiger partial charge in [-0.25, -0.2) is 0 Å². The predicted octanol–water partition coefficient (Wildman–Crippen LogP) is 6.59. The van der Waals surface area contributed by atoms with Crippen LogP contribution in [0, 0.1) is 11.3 Å². The number of ether oxygens (including phenoxy) is 1. The molecule has 0 fully saturated rings. The fourth-order valence-corrected chi connectivity index (χ4v) is 3.71. The first-order chi connectivity index (χ1) is 14.9. The van der Waals surface area contributed by atoms with E-state index in [9.17, 15) is 15.2 Å². The van der Waals surface area contributed by atoms with Crippen molar-refractivity contribution in [3.63, 3.8) is 0 Å². The molecule has 0 unspecified atom stereocenters. The lowest BCUT2D eigenvalue weighted by molar-refractivity contribution is -0.112. The summed E-state index contributed by atoms with van der Waals surface area (Å²) in [5.74, 6) is -0.0590. The van der Waals surface area contributed by atoms with Crippen molar-refractivity contribution in [3.05, 3.63) is 91.9 Å². The Hall–Kier alpha value is -2.98. The van der Waals surface area contributed by atoms with Crippen LogP contribution in [0.15, 0.2) is 70.7 Å². The van der Waals surface area contributed by atoms with Gasteiger partial charge >= 0.3 is 0 Å². The van der Waals surface area contributed by atoms with Gasteiger partial charge in [0.15, 0.2) is 5.75 Å². The Morgan fingerprint density at radius 1 is 1.13 bits per heavy atom. The Labute approximate surface area is 197 Å². The number of benzene rings is 3. The molecule has 31 heavy (non-hydrogen) atoms. The highest BCUT2D eigenvalue weighted by Crippen LogP contribution is 2.35. The molecular formula is C23H15BrCl2N2O3. The fraction of sp³-hybridized carbons (Fsp3) is 0.0435. The first-order valence-electron chi connectivity index (χ1n) is 8.94. The maximum Gasteiger partial charge on any atom is 0.266 e. The molecule has 0 bridgehead atoms. The number of halogens is 3. The highest BCUT2D eigenvalue weighted by atomic mass is 79.9. The second-order valence-corrected chi connectivity index (χ2v) is 8.10. The van der Waals surface area contributed by atoms with Crippen LogP contribution in [0.5, 0.6) is 11.5 Å². The molecule has 0 atom stereocenters. The van der Waals surface area contributed by atoms with Crippen LogP contribution in [0.3, 0.4) is 0 Å². The van der Waals surface area contributed by atoms with Gasteiger partial charge in [0, 0.05) is 10.7 Å². The first-order valence-corrected chi connectivity index (χ1v) is 10.5. The van der Waals surface area contributed by atoms with E-state index in [0.717, 1.165) is 5.56 Å². The molecule has 0 heterocycles. The number of nitrogens with zero attached hydrogens (tertiary/aromatic N) is 1. The summed E-state index contributed by atoms with van der Waals surface area (Å²) in [5, 5.41) is 22.3. The molecule has 3 aromatic carbocycles. The topological polar surface area (TPSA) is 82.3 Å². The number of nitrogens with one attached hydrogen (secondary N) is 1. The van der Waals surface area contributed by atoms with E-state index in [1.54, 1.807) is 24.3 Å². The van der Waals surface area contributed by atoms with E-state index in [4.69, 9.17) is 27.9 Å². The summed E-state index contributed by atoms with van der Waals surface area (Å²) >= 11 is 15.7. The van der Waals surface area contributed by atoms with Crippen LogP contribution in [-0.4, -0.2) is 11.0 Å². The van der Waals surface area contributed by atoms with Gasteiger partial charge in [-0.1, -0.05) is 35.3 Å². The van der Waals surface area contributed by atoms with Crippen LogP contribution < -0.4 is 10.1 Å². The highest BCUT2D eigenvalue weighted by Gasteiger charge is 2.13. The summed E-state index contributed by atoms with van der Waals surface area (Å²) in [7, 11) is 0. The monoisotopic (exact) mass is 516 g/mol. The summed E-state index contributed by atoms with van der Waals surface area (Å²) in [4.78, 5) is 12.4. The summed E-state index contributed by atoms with van der Waals surface area (Å²) in [6.45, 7) is 0.295. The molecule has 2 N–H and O–H groups in total. The number of hydrogen-bond donors (Lipinski definition) is 2. The van der Waals surface area contributed by atoms with E-state index < -0.39 is 5.91 Å². The number of hydrogen-bond acceptors (Lipinski definition) is 4. The summed E-state index contributed by atoms with van der Waals surface area (Å²) < 4.78 is 6.39. The van der Waals surface area contributed by atoms with E-state index in [0.29, 0.717) is 38.1 Å². The standard InChI is InChI=1S/C23H15BrCl2N2O3/c24-20-10-15(9-16(12-27)23(30)28-18-5-7-19(29)8-6-18)11-21(26)22(20)31-13-14-1-3-17(25)4-2-14/h1-11,29H,13H2,(H,28,30)/b16-9-. The summed E-state index contributed by atoms with van der Waals surface area (Å²) in [6, 6.07) is 18.4. The molecule has 3 aromatic rings. The third kappa shape index (κ3) is 6.25. The van der Waals surface area contributed by atoms with Gasteiger partial charge in [-0.05, 0) is 81.7 Å². The number of phenols is 1. The van der Waals surface area contributed by atoms with Gasteiger partial charge < -0.3 is 15.2 Å². The minimum Gasteiger partial charge on any atom is -0.508 e. The maximum absolute atomic E-state index is 12.4. The highest BCUT2D eigenvalue weighted by molar-refractivity contribution is 9.10. The minimum atomic E-state index is -0.580. The van der Waals surface area contributed by atoms with Crippen molar-refractivity contribution >= 4 is 56.8 Å². The third-order valence-electron chi connectivity index (χ3n) is 4.12. The second kappa shape index (κ2) is 10.4. The number of rotatable bonds is 6. The van der Waals surface area contributed by atoms with Crippen molar-refractivity contribution in [1.29, 1.82) is 5.26 Å². The molecule has 0 aliphatic carbocycles. The van der Waals surface area contributed by atoms with E-state index in [-0.39, 0.29) is 11.3 Å². The molecule has 5 nitrogen and oxygen atoms in total. The molecule has 0 aliphatic rings. The van der Waals surface area contributed by atoms with Crippen LogP contribution >= 0.6 is 39.1 Å². The molecule has 0 aliphatic heterocycles. The smallest absolute Gasteiger partial charge is 0.266 e. The molecule has 0 saturated heterocycles. The number of nitriles is 1. The Kier molecular flexibility index (Phi) is 7.59. The molecule has 0 saturated carbocycles. The lowest BCUT2D eigenvalue weighted by atomic mass is 10.1. The largest absolute Gasteiger partial charge is 0.508 e. The van der Waals surface area contributed by atoms with E-state index >= 15 is 0 Å². The van der Waals surface area contributed by atoms with Crippen LogP contribution in [0.25, 0.3) is 6.08 Å². The molecule has 0 spiro atoms. The zero-order chi connectivity index (χ0) is 22.4. The van der Waals surface area contributed by atoms with Gasteiger partial charge in [0.1, 0.15) is 24.0 Å². The Morgan fingerprint density at radius 3 is 2.42 bits per heavy atom. The van der Waals surface area contributed by atoms with Crippen molar-refractivity contribution in [1.82, 2.24) is 0 Å². The van der Waals surface area contributed by atoms with E-state index in [1.165, 1.54) is 30.3 Å². The van der Waals surface area contributed by atoms with Gasteiger partial charge in [0.25, 0.3) is 5.91 Å². The summed E-state index contributed by atoms with van der Waals surface area (Å²) in [6.07, 6.45) is 1.43. The SMILES string of the molecule is N#C/C(=C/c1cc(Cl)c(OCc2ccc(Cl)cc2)c(Br)c1)C(=O)Nc1ccc(O)cc1. The number of carbonyl (C=O) groups excluding carboxylic acids is 1. The molecule has 156 valence electrons. The van der Waals surface area contributed by atoms with Crippen molar-refractivity contribution in [3.8, 4) is 17.6 Å². The minimum absolute atomic E-state index is 0.0758. The number of anilines is 1. The fourth-order valence-electron chi connectivity index (χ4n) is 2.60. The van der Waals surface area contributed by atoms with Crippen molar-refractivity contribution in [2.24, 2.45) is 0 Å². The maximum atomic E-state index is 12.4. The van der Waals surface area contributed by atoms with Gasteiger partial charge in [0.2, 0.25) is 0 Å². The number of phenolic OH excluding ortho intramolecular Hbond substituents is 1. The molecule has 0 aromatic heterocycles. The van der Waals surface area contributed by atoms with Gasteiger partial charge in [-0.2, -0.15) is 5.26 Å². The molecule has 8 heteroatoms. The van der Waals surface area contributed by atoms with E-state index in [1.807, 2.05) is 18.2 Å². The van der Waals surface area contributed by atoms with Crippen LogP contribution in [0.2, 0.25) is 10.0 Å². The van der Waals surface area contributed by atoms with Crippen molar-refractivity contribution < 1.29 is 14.6 Å². The summed E-state index contributed by atoms with van der Waals surface area (Å²) in [5.41, 5.74) is 1.82. The Balaban J connectivity index is 1.76. The average molecular weight is 518 g/mol. The predicted molar refractivity (Wildman–Crippen MR) is 125 cm³/mol. The zero-order valence-electron chi connectivity index (χ0n) is 15.9. The number of aromatic hydroxyl groups is 1.